The van der Waals surface area contributed by atoms with Crippen LogP contribution in [0.15, 0.2) is 59.8 Å². The molecule has 3 rings (SSSR count). The third-order valence-corrected chi connectivity index (χ3v) is 4.99. The second-order valence-electron chi connectivity index (χ2n) is 5.56. The highest BCUT2D eigenvalue weighted by atomic mass is 35.5. The molecule has 134 valence electrons. The Morgan fingerprint density at radius 3 is 2.54 bits per heavy atom. The molecule has 0 fully saturated rings. The number of esters is 1. The summed E-state index contributed by atoms with van der Waals surface area (Å²) in [6, 6.07) is 17.7. The van der Waals surface area contributed by atoms with Crippen molar-refractivity contribution in [2.75, 3.05) is 12.9 Å². The van der Waals surface area contributed by atoms with E-state index in [2.05, 4.69) is 26.9 Å². The van der Waals surface area contributed by atoms with Crippen molar-refractivity contribution >= 4 is 29.3 Å². The van der Waals surface area contributed by atoms with E-state index in [1.165, 1.54) is 18.9 Å². The van der Waals surface area contributed by atoms with Gasteiger partial charge in [-0.3, -0.25) is 9.36 Å². The molecule has 0 saturated heterocycles. The van der Waals surface area contributed by atoms with Crippen LogP contribution in [-0.2, 0) is 16.1 Å². The van der Waals surface area contributed by atoms with Crippen LogP contribution in [0.25, 0.3) is 11.4 Å². The summed E-state index contributed by atoms with van der Waals surface area (Å²) in [6.07, 6.45) is 0.329. The molecule has 7 heteroatoms. The second-order valence-corrected chi connectivity index (χ2v) is 7.06. The third kappa shape index (κ3) is 4.65. The second kappa shape index (κ2) is 8.87. The van der Waals surface area contributed by atoms with Crippen LogP contribution in [0.1, 0.15) is 12.0 Å². The zero-order valence-corrected chi connectivity index (χ0v) is 15.8. The highest BCUT2D eigenvalue weighted by Gasteiger charge is 2.15. The van der Waals surface area contributed by atoms with Crippen molar-refractivity contribution in [2.45, 2.75) is 18.1 Å². The van der Waals surface area contributed by atoms with Gasteiger partial charge in [0.2, 0.25) is 0 Å². The molecule has 0 atom stereocenters. The summed E-state index contributed by atoms with van der Waals surface area (Å²) in [7, 11) is 1.39. The predicted octanol–water partition coefficient (Wildman–Crippen LogP) is 4.30. The molecule has 0 aliphatic rings. The van der Waals surface area contributed by atoms with E-state index in [1.54, 1.807) is 0 Å². The number of thioether (sulfide) groups is 1. The molecule has 1 aromatic heterocycles. The van der Waals surface area contributed by atoms with Gasteiger partial charge >= 0.3 is 5.97 Å². The number of carbonyl (C=O) groups excluding carboxylic acids is 1. The Kier molecular flexibility index (Phi) is 6.30. The van der Waals surface area contributed by atoms with Crippen LogP contribution in [-0.4, -0.2) is 33.6 Å². The molecule has 0 saturated carbocycles. The highest BCUT2D eigenvalue weighted by Crippen LogP contribution is 2.26. The number of nitrogens with zero attached hydrogens (tertiary/aromatic N) is 3. The van der Waals surface area contributed by atoms with Gasteiger partial charge in [0.1, 0.15) is 0 Å². The van der Waals surface area contributed by atoms with E-state index in [4.69, 9.17) is 16.3 Å². The summed E-state index contributed by atoms with van der Waals surface area (Å²) in [5.74, 6) is 1.12. The van der Waals surface area contributed by atoms with Crippen molar-refractivity contribution in [3.8, 4) is 11.4 Å². The number of aromatic nitrogens is 3. The molecule has 0 aliphatic carbocycles. The summed E-state index contributed by atoms with van der Waals surface area (Å²) in [5, 5.41) is 10.1. The van der Waals surface area contributed by atoms with Crippen LogP contribution in [0.5, 0.6) is 0 Å². The first kappa shape index (κ1) is 18.5. The zero-order valence-electron chi connectivity index (χ0n) is 14.3. The van der Waals surface area contributed by atoms with Crippen molar-refractivity contribution in [3.63, 3.8) is 0 Å². The molecule has 0 radical (unpaired) electrons. The quantitative estimate of drug-likeness (QED) is 0.447. The lowest BCUT2D eigenvalue weighted by atomic mass is 10.2. The highest BCUT2D eigenvalue weighted by molar-refractivity contribution is 7.99. The number of ether oxygens (including phenoxy) is 1. The van der Waals surface area contributed by atoms with E-state index < -0.39 is 0 Å². The third-order valence-electron chi connectivity index (χ3n) is 3.77. The summed E-state index contributed by atoms with van der Waals surface area (Å²) >= 11 is 7.49. The van der Waals surface area contributed by atoms with Gasteiger partial charge in [0.05, 0.1) is 20.1 Å². The predicted molar refractivity (Wildman–Crippen MR) is 103 cm³/mol. The van der Waals surface area contributed by atoms with Crippen LogP contribution >= 0.6 is 23.4 Å². The first-order chi connectivity index (χ1) is 12.7. The molecule has 0 spiro atoms. The lowest BCUT2D eigenvalue weighted by Gasteiger charge is -2.10. The minimum Gasteiger partial charge on any atom is -0.469 e. The van der Waals surface area contributed by atoms with E-state index in [0.717, 1.165) is 22.1 Å². The normalized spacial score (nSPS) is 10.7. The average Bonchev–Trinajstić information content (AvgIpc) is 3.05. The molecule has 0 N–H and O–H groups in total. The van der Waals surface area contributed by atoms with Crippen molar-refractivity contribution < 1.29 is 9.53 Å². The van der Waals surface area contributed by atoms with Gasteiger partial charge < -0.3 is 4.74 Å². The molecule has 3 aromatic rings. The summed E-state index contributed by atoms with van der Waals surface area (Å²) in [6.45, 7) is 0.645. The summed E-state index contributed by atoms with van der Waals surface area (Å²) in [5.41, 5.74) is 2.09. The molecule has 0 aliphatic heterocycles. The Labute approximate surface area is 161 Å². The van der Waals surface area contributed by atoms with Crippen molar-refractivity contribution in [3.05, 3.63) is 65.2 Å². The summed E-state index contributed by atoms with van der Waals surface area (Å²) in [4.78, 5) is 11.3. The largest absolute Gasteiger partial charge is 0.469 e. The lowest BCUT2D eigenvalue weighted by Crippen LogP contribution is -2.05. The maximum Gasteiger partial charge on any atom is 0.306 e. The van der Waals surface area contributed by atoms with Gasteiger partial charge in [0.15, 0.2) is 11.0 Å². The lowest BCUT2D eigenvalue weighted by molar-refractivity contribution is -0.140. The number of benzene rings is 2. The maximum atomic E-state index is 11.3. The minimum absolute atomic E-state index is 0.232. The number of methoxy groups -OCH3 is 1. The van der Waals surface area contributed by atoms with Crippen molar-refractivity contribution in [1.29, 1.82) is 0 Å². The topological polar surface area (TPSA) is 57.0 Å². The number of hydrogen-bond donors (Lipinski definition) is 0. The van der Waals surface area contributed by atoms with Crippen LogP contribution in [0.4, 0.5) is 0 Å². The Balaban J connectivity index is 1.88. The van der Waals surface area contributed by atoms with Gasteiger partial charge in [-0.2, -0.15) is 0 Å². The van der Waals surface area contributed by atoms with Crippen molar-refractivity contribution in [2.24, 2.45) is 0 Å². The van der Waals surface area contributed by atoms with Crippen LogP contribution < -0.4 is 0 Å². The van der Waals surface area contributed by atoms with Gasteiger partial charge in [-0.25, -0.2) is 0 Å². The Morgan fingerprint density at radius 1 is 1.12 bits per heavy atom. The van der Waals surface area contributed by atoms with Gasteiger partial charge in [0, 0.05) is 16.3 Å². The fraction of sp³-hybridized carbons (Fsp3) is 0.211. The molecule has 5 nitrogen and oxygen atoms in total. The van der Waals surface area contributed by atoms with Gasteiger partial charge in [-0.15, -0.1) is 10.2 Å². The Hall–Kier alpha value is -2.31. The smallest absolute Gasteiger partial charge is 0.306 e. The SMILES string of the molecule is COC(=O)CCSc1nnc(-c2ccc(Cl)cc2)n1Cc1ccccc1. The molecule has 26 heavy (non-hydrogen) atoms. The molecule has 0 unspecified atom stereocenters. The van der Waals surface area contributed by atoms with Gasteiger partial charge in [0.25, 0.3) is 0 Å². The fourth-order valence-electron chi connectivity index (χ4n) is 2.44. The molecule has 1 heterocycles. The summed E-state index contributed by atoms with van der Waals surface area (Å²) < 4.78 is 6.75. The fourth-order valence-corrected chi connectivity index (χ4v) is 3.43. The molecule has 0 bridgehead atoms. The Morgan fingerprint density at radius 2 is 1.85 bits per heavy atom. The van der Waals surface area contributed by atoms with Crippen molar-refractivity contribution in [1.82, 2.24) is 14.8 Å². The maximum absolute atomic E-state index is 11.3. The number of rotatable bonds is 7. The first-order valence-electron chi connectivity index (χ1n) is 8.10. The number of halogens is 1. The zero-order chi connectivity index (χ0) is 18.4. The van der Waals surface area contributed by atoms with Crippen LogP contribution in [0.2, 0.25) is 5.02 Å². The number of hydrogen-bond acceptors (Lipinski definition) is 5. The van der Waals surface area contributed by atoms with Crippen LogP contribution in [0.3, 0.4) is 0 Å². The molecule has 0 amide bonds. The molecular weight excluding hydrogens is 370 g/mol. The Bertz CT molecular complexity index is 866. The average molecular weight is 388 g/mol. The van der Waals surface area contributed by atoms with E-state index >= 15 is 0 Å². The van der Waals surface area contributed by atoms with E-state index in [0.29, 0.717) is 23.7 Å². The molecule has 2 aromatic carbocycles. The standard InChI is InChI=1S/C19H18ClN3O2S/c1-25-17(24)11-12-26-19-22-21-18(15-7-9-16(20)10-8-15)23(19)13-14-5-3-2-4-6-14/h2-10H,11-13H2,1H3. The minimum atomic E-state index is -0.232. The first-order valence-corrected chi connectivity index (χ1v) is 9.46. The van der Waals surface area contributed by atoms with E-state index in [9.17, 15) is 4.79 Å². The van der Waals surface area contributed by atoms with Crippen LogP contribution in [0, 0.1) is 0 Å². The van der Waals surface area contributed by atoms with Gasteiger partial charge in [-0.05, 0) is 29.8 Å². The van der Waals surface area contributed by atoms with Gasteiger partial charge in [-0.1, -0.05) is 53.7 Å². The van der Waals surface area contributed by atoms with E-state index in [1.807, 2.05) is 42.5 Å². The van der Waals surface area contributed by atoms with E-state index in [-0.39, 0.29) is 5.97 Å². The monoisotopic (exact) mass is 387 g/mol. The molecular formula is C19H18ClN3O2S. The number of carbonyl (C=O) groups is 1.